The number of aliphatic hydroxyl groups excluding tert-OH is 1. The second kappa shape index (κ2) is 7.93. The molecule has 0 spiro atoms. The maximum absolute atomic E-state index is 13.4. The van der Waals surface area contributed by atoms with Crippen molar-refractivity contribution in [2.24, 2.45) is 5.92 Å². The Labute approximate surface area is 124 Å². The van der Waals surface area contributed by atoms with E-state index in [1.165, 1.54) is 6.07 Å². The largest absolute Gasteiger partial charge is 0.396 e. The summed E-state index contributed by atoms with van der Waals surface area (Å²) in [6.07, 6.45) is 7.62. The molecule has 2 atom stereocenters. The molecule has 2 N–H and O–H groups in total. The van der Waals surface area contributed by atoms with Crippen LogP contribution >= 0.6 is 0 Å². The molecule has 3 nitrogen and oxygen atoms in total. The van der Waals surface area contributed by atoms with Crippen molar-refractivity contribution in [2.45, 2.75) is 38.1 Å². The van der Waals surface area contributed by atoms with Crippen molar-refractivity contribution >= 4 is 12.0 Å². The maximum Gasteiger partial charge on any atom is 0.224 e. The Hall–Kier alpha value is -1.68. The summed E-state index contributed by atoms with van der Waals surface area (Å²) in [5, 5.41) is 12.3. The van der Waals surface area contributed by atoms with Crippen LogP contribution in [-0.4, -0.2) is 23.7 Å². The summed E-state index contributed by atoms with van der Waals surface area (Å²) < 4.78 is 13.4. The van der Waals surface area contributed by atoms with Gasteiger partial charge in [-0.05, 0) is 18.9 Å². The van der Waals surface area contributed by atoms with E-state index in [9.17, 15) is 14.3 Å². The molecule has 1 fully saturated rings. The molecule has 0 aliphatic heterocycles. The quantitative estimate of drug-likeness (QED) is 0.876. The van der Waals surface area contributed by atoms with Gasteiger partial charge in [-0.2, -0.15) is 0 Å². The van der Waals surface area contributed by atoms with E-state index in [1.807, 2.05) is 0 Å². The fourth-order valence-corrected chi connectivity index (χ4v) is 2.79. The number of amides is 1. The van der Waals surface area contributed by atoms with Gasteiger partial charge in [0.25, 0.3) is 0 Å². The summed E-state index contributed by atoms with van der Waals surface area (Å²) in [6, 6.07) is 6.53. The molecule has 0 saturated heterocycles. The van der Waals surface area contributed by atoms with Crippen molar-refractivity contribution in [2.75, 3.05) is 6.61 Å². The minimum Gasteiger partial charge on any atom is -0.396 e. The average molecular weight is 291 g/mol. The molecule has 2 unspecified atom stereocenters. The summed E-state index contributed by atoms with van der Waals surface area (Å²) in [6.45, 7) is 0.121. The van der Waals surface area contributed by atoms with Crippen LogP contribution in [0.4, 0.5) is 4.39 Å². The SMILES string of the molecule is O=C(C/C=C/c1ccccc1F)NC1CCCCC1CO. The van der Waals surface area contributed by atoms with Crippen LogP contribution in [-0.2, 0) is 4.79 Å². The summed E-state index contributed by atoms with van der Waals surface area (Å²) in [5.74, 6) is -0.201. The van der Waals surface area contributed by atoms with Crippen molar-refractivity contribution in [3.8, 4) is 0 Å². The second-order valence-corrected chi connectivity index (χ2v) is 5.53. The standard InChI is InChI=1S/C17H22FNO2/c18-15-9-3-1-6-13(15)8-5-11-17(21)19-16-10-4-2-7-14(16)12-20/h1,3,5-6,8-9,14,16,20H,2,4,7,10-12H2,(H,19,21)/b8-5+. The highest BCUT2D eigenvalue weighted by Crippen LogP contribution is 2.24. The lowest BCUT2D eigenvalue weighted by Crippen LogP contribution is -2.43. The summed E-state index contributed by atoms with van der Waals surface area (Å²) in [4.78, 5) is 11.9. The van der Waals surface area contributed by atoms with Crippen LogP contribution in [0, 0.1) is 11.7 Å². The lowest BCUT2D eigenvalue weighted by Gasteiger charge is -2.30. The minimum atomic E-state index is -0.290. The molecule has 0 heterocycles. The van der Waals surface area contributed by atoms with Gasteiger partial charge in [-0.1, -0.05) is 43.2 Å². The van der Waals surface area contributed by atoms with E-state index in [0.29, 0.717) is 5.56 Å². The molecule has 2 rings (SSSR count). The molecule has 1 aliphatic carbocycles. The first kappa shape index (κ1) is 15.7. The third kappa shape index (κ3) is 4.67. The summed E-state index contributed by atoms with van der Waals surface area (Å²) in [5.41, 5.74) is 0.483. The highest BCUT2D eigenvalue weighted by atomic mass is 19.1. The van der Waals surface area contributed by atoms with E-state index < -0.39 is 0 Å². The zero-order valence-electron chi connectivity index (χ0n) is 12.1. The monoisotopic (exact) mass is 291 g/mol. The van der Waals surface area contributed by atoms with Gasteiger partial charge in [-0.3, -0.25) is 4.79 Å². The van der Waals surface area contributed by atoms with Crippen LogP contribution in [0.5, 0.6) is 0 Å². The van der Waals surface area contributed by atoms with E-state index in [0.717, 1.165) is 25.7 Å². The number of halogens is 1. The van der Waals surface area contributed by atoms with Crippen molar-refractivity contribution in [3.63, 3.8) is 0 Å². The van der Waals surface area contributed by atoms with Crippen LogP contribution < -0.4 is 5.32 Å². The van der Waals surface area contributed by atoms with Crippen LogP contribution in [0.15, 0.2) is 30.3 Å². The first-order chi connectivity index (χ1) is 10.2. The van der Waals surface area contributed by atoms with Crippen molar-refractivity contribution in [3.05, 3.63) is 41.7 Å². The molecule has 1 saturated carbocycles. The molecule has 0 bridgehead atoms. The zero-order valence-corrected chi connectivity index (χ0v) is 12.1. The first-order valence-corrected chi connectivity index (χ1v) is 7.52. The normalized spacial score (nSPS) is 22.4. The highest BCUT2D eigenvalue weighted by Gasteiger charge is 2.25. The van der Waals surface area contributed by atoms with Gasteiger partial charge in [0.1, 0.15) is 5.82 Å². The number of hydrogen-bond donors (Lipinski definition) is 2. The van der Waals surface area contributed by atoms with Crippen molar-refractivity contribution in [1.82, 2.24) is 5.32 Å². The number of carbonyl (C=O) groups excluding carboxylic acids is 1. The molecule has 1 aliphatic rings. The van der Waals surface area contributed by atoms with Crippen LogP contribution in [0.25, 0.3) is 6.08 Å². The predicted molar refractivity (Wildman–Crippen MR) is 81.0 cm³/mol. The molecular formula is C17H22FNO2. The maximum atomic E-state index is 13.4. The van der Waals surface area contributed by atoms with Gasteiger partial charge in [0, 0.05) is 30.6 Å². The Bertz CT molecular complexity index is 501. The van der Waals surface area contributed by atoms with E-state index in [2.05, 4.69) is 5.32 Å². The number of rotatable bonds is 5. The van der Waals surface area contributed by atoms with Crippen LogP contribution in [0.2, 0.25) is 0 Å². The molecular weight excluding hydrogens is 269 g/mol. The number of benzene rings is 1. The molecule has 4 heteroatoms. The van der Waals surface area contributed by atoms with Gasteiger partial charge in [-0.25, -0.2) is 4.39 Å². The highest BCUT2D eigenvalue weighted by molar-refractivity contribution is 5.78. The van der Waals surface area contributed by atoms with Crippen LogP contribution in [0.3, 0.4) is 0 Å². The molecule has 21 heavy (non-hydrogen) atoms. The summed E-state index contributed by atoms with van der Waals surface area (Å²) >= 11 is 0. The predicted octanol–water partition coefficient (Wildman–Crippen LogP) is 2.90. The average Bonchev–Trinajstić information content (AvgIpc) is 2.50. The number of carbonyl (C=O) groups is 1. The molecule has 1 aromatic rings. The number of aliphatic hydroxyl groups is 1. The molecule has 0 radical (unpaired) electrons. The molecule has 114 valence electrons. The van der Waals surface area contributed by atoms with Gasteiger partial charge in [-0.15, -0.1) is 0 Å². The third-order valence-electron chi connectivity index (χ3n) is 4.00. The van der Waals surface area contributed by atoms with Gasteiger partial charge < -0.3 is 10.4 Å². The third-order valence-corrected chi connectivity index (χ3v) is 4.00. The molecule has 1 aromatic carbocycles. The number of nitrogens with one attached hydrogen (secondary N) is 1. The van der Waals surface area contributed by atoms with Crippen LogP contribution in [0.1, 0.15) is 37.7 Å². The van der Waals surface area contributed by atoms with E-state index in [4.69, 9.17) is 0 Å². The van der Waals surface area contributed by atoms with Crippen molar-refractivity contribution < 1.29 is 14.3 Å². The lowest BCUT2D eigenvalue weighted by atomic mass is 9.85. The van der Waals surface area contributed by atoms with Crippen molar-refractivity contribution in [1.29, 1.82) is 0 Å². The fourth-order valence-electron chi connectivity index (χ4n) is 2.79. The molecule has 1 amide bonds. The van der Waals surface area contributed by atoms with Gasteiger partial charge in [0.05, 0.1) is 0 Å². The smallest absolute Gasteiger partial charge is 0.224 e. The van der Waals surface area contributed by atoms with E-state index in [-0.39, 0.29) is 36.7 Å². The fraction of sp³-hybridized carbons (Fsp3) is 0.471. The topological polar surface area (TPSA) is 49.3 Å². The minimum absolute atomic E-state index is 0.0677. The lowest BCUT2D eigenvalue weighted by molar-refractivity contribution is -0.121. The Kier molecular flexibility index (Phi) is 5.93. The zero-order chi connectivity index (χ0) is 15.1. The Morgan fingerprint density at radius 2 is 2.10 bits per heavy atom. The van der Waals surface area contributed by atoms with E-state index in [1.54, 1.807) is 30.4 Å². The van der Waals surface area contributed by atoms with Gasteiger partial charge in [0.2, 0.25) is 5.91 Å². The second-order valence-electron chi connectivity index (χ2n) is 5.53. The number of hydrogen-bond acceptors (Lipinski definition) is 2. The van der Waals surface area contributed by atoms with E-state index >= 15 is 0 Å². The first-order valence-electron chi connectivity index (χ1n) is 7.52. The summed E-state index contributed by atoms with van der Waals surface area (Å²) in [7, 11) is 0. The van der Waals surface area contributed by atoms with Gasteiger partial charge >= 0.3 is 0 Å². The Morgan fingerprint density at radius 3 is 2.86 bits per heavy atom. The Balaban J connectivity index is 1.83. The van der Waals surface area contributed by atoms with Gasteiger partial charge in [0.15, 0.2) is 0 Å². The Morgan fingerprint density at radius 1 is 1.33 bits per heavy atom. The molecule has 0 aromatic heterocycles.